The Kier molecular flexibility index (Phi) is 6.50. The van der Waals surface area contributed by atoms with Crippen molar-refractivity contribution in [3.8, 4) is 11.5 Å². The third-order valence-electron chi connectivity index (χ3n) is 3.24. The molecule has 0 aliphatic carbocycles. The molecule has 0 saturated heterocycles. The Morgan fingerprint density at radius 1 is 1.26 bits per heavy atom. The number of amides is 1. The number of carbonyl (C=O) groups excluding carboxylic acids is 1. The fraction of sp³-hybridized carbons (Fsp3) is 0.353. The molecule has 1 aromatic carbocycles. The zero-order chi connectivity index (χ0) is 16.5. The molecule has 0 fully saturated rings. The number of ether oxygens (including phenoxy) is 2. The maximum Gasteiger partial charge on any atom is 0.220 e. The standard InChI is InChI=1S/C17H21NO5/c1-21-13-6-8-14(9-7-13)22-10-3-5-17(20)18-12-15(19)16-4-2-11-23-16/h2,4,6-9,11,15,19H,3,5,10,12H2,1H3,(H,18,20). The van der Waals surface area contributed by atoms with E-state index in [1.54, 1.807) is 19.2 Å². The Labute approximate surface area is 135 Å². The molecule has 0 aliphatic heterocycles. The molecule has 2 rings (SSSR count). The van der Waals surface area contributed by atoms with Gasteiger partial charge in [-0.1, -0.05) is 0 Å². The van der Waals surface area contributed by atoms with Gasteiger partial charge in [-0.15, -0.1) is 0 Å². The van der Waals surface area contributed by atoms with E-state index >= 15 is 0 Å². The number of methoxy groups -OCH3 is 1. The maximum atomic E-state index is 11.7. The van der Waals surface area contributed by atoms with Crippen LogP contribution in [0.15, 0.2) is 47.1 Å². The number of furan rings is 1. The smallest absolute Gasteiger partial charge is 0.220 e. The highest BCUT2D eigenvalue weighted by atomic mass is 16.5. The molecule has 1 amide bonds. The minimum Gasteiger partial charge on any atom is -0.497 e. The van der Waals surface area contributed by atoms with E-state index in [0.29, 0.717) is 25.2 Å². The van der Waals surface area contributed by atoms with Gasteiger partial charge in [-0.25, -0.2) is 0 Å². The largest absolute Gasteiger partial charge is 0.497 e. The van der Waals surface area contributed by atoms with Crippen molar-refractivity contribution in [2.45, 2.75) is 18.9 Å². The van der Waals surface area contributed by atoms with Crippen LogP contribution in [0.5, 0.6) is 11.5 Å². The second-order valence-electron chi connectivity index (χ2n) is 4.96. The highest BCUT2D eigenvalue weighted by molar-refractivity contribution is 5.75. The minimum atomic E-state index is -0.829. The predicted molar refractivity (Wildman–Crippen MR) is 84.4 cm³/mol. The fourth-order valence-electron chi connectivity index (χ4n) is 1.98. The molecular weight excluding hydrogens is 298 g/mol. The third-order valence-corrected chi connectivity index (χ3v) is 3.24. The lowest BCUT2D eigenvalue weighted by atomic mass is 10.2. The van der Waals surface area contributed by atoms with Crippen molar-refractivity contribution in [1.82, 2.24) is 5.32 Å². The monoisotopic (exact) mass is 319 g/mol. The van der Waals surface area contributed by atoms with E-state index < -0.39 is 6.10 Å². The van der Waals surface area contributed by atoms with Crippen LogP contribution < -0.4 is 14.8 Å². The molecule has 124 valence electrons. The summed E-state index contributed by atoms with van der Waals surface area (Å²) in [5.41, 5.74) is 0. The van der Waals surface area contributed by atoms with Gasteiger partial charge in [0.1, 0.15) is 23.4 Å². The molecule has 0 bridgehead atoms. The Balaban J connectivity index is 1.59. The topological polar surface area (TPSA) is 80.9 Å². The lowest BCUT2D eigenvalue weighted by Gasteiger charge is -2.10. The number of aliphatic hydroxyl groups is 1. The van der Waals surface area contributed by atoms with E-state index in [1.807, 2.05) is 24.3 Å². The van der Waals surface area contributed by atoms with Crippen molar-refractivity contribution in [3.05, 3.63) is 48.4 Å². The van der Waals surface area contributed by atoms with E-state index in [1.165, 1.54) is 6.26 Å². The molecule has 1 atom stereocenters. The average molecular weight is 319 g/mol. The van der Waals surface area contributed by atoms with E-state index in [0.717, 1.165) is 11.5 Å². The number of hydrogen-bond donors (Lipinski definition) is 2. The zero-order valence-corrected chi connectivity index (χ0v) is 13.0. The molecule has 0 radical (unpaired) electrons. The second-order valence-corrected chi connectivity index (χ2v) is 4.96. The summed E-state index contributed by atoms with van der Waals surface area (Å²) in [5.74, 6) is 1.81. The van der Waals surface area contributed by atoms with Crippen molar-refractivity contribution in [1.29, 1.82) is 0 Å². The Bertz CT molecular complexity index is 580. The van der Waals surface area contributed by atoms with Crippen LogP contribution in [0.2, 0.25) is 0 Å². The van der Waals surface area contributed by atoms with Gasteiger partial charge in [0, 0.05) is 6.42 Å². The van der Waals surface area contributed by atoms with Crippen LogP contribution in [0.1, 0.15) is 24.7 Å². The molecule has 0 spiro atoms. The van der Waals surface area contributed by atoms with Gasteiger partial charge in [-0.05, 0) is 42.8 Å². The normalized spacial score (nSPS) is 11.7. The van der Waals surface area contributed by atoms with E-state index in [4.69, 9.17) is 13.9 Å². The first kappa shape index (κ1) is 16.9. The summed E-state index contributed by atoms with van der Waals surface area (Å²) in [6.07, 6.45) is 1.58. The van der Waals surface area contributed by atoms with Gasteiger partial charge in [0.25, 0.3) is 0 Å². The SMILES string of the molecule is COc1ccc(OCCCC(=O)NCC(O)c2ccco2)cc1. The number of hydrogen-bond acceptors (Lipinski definition) is 5. The number of nitrogens with one attached hydrogen (secondary N) is 1. The van der Waals surface area contributed by atoms with Crippen molar-refractivity contribution in [2.24, 2.45) is 0 Å². The minimum absolute atomic E-state index is 0.131. The summed E-state index contributed by atoms with van der Waals surface area (Å²) in [7, 11) is 1.61. The zero-order valence-electron chi connectivity index (χ0n) is 13.0. The Hall–Kier alpha value is -2.47. The summed E-state index contributed by atoms with van der Waals surface area (Å²) >= 11 is 0. The predicted octanol–water partition coefficient (Wildman–Crippen LogP) is 2.30. The first-order valence-electron chi connectivity index (χ1n) is 7.44. The molecule has 23 heavy (non-hydrogen) atoms. The van der Waals surface area contributed by atoms with Gasteiger partial charge in [-0.3, -0.25) is 4.79 Å². The lowest BCUT2D eigenvalue weighted by molar-refractivity contribution is -0.121. The van der Waals surface area contributed by atoms with Gasteiger partial charge >= 0.3 is 0 Å². The van der Waals surface area contributed by atoms with Gasteiger partial charge in [0.2, 0.25) is 5.91 Å². The van der Waals surface area contributed by atoms with Gasteiger partial charge in [0.05, 0.1) is 26.5 Å². The molecule has 1 heterocycles. The highest BCUT2D eigenvalue weighted by Gasteiger charge is 2.11. The molecule has 2 aromatic rings. The molecule has 0 aliphatic rings. The van der Waals surface area contributed by atoms with Crippen molar-refractivity contribution < 1.29 is 23.8 Å². The quantitative estimate of drug-likeness (QED) is 0.693. The van der Waals surface area contributed by atoms with E-state index in [9.17, 15) is 9.90 Å². The molecule has 1 unspecified atom stereocenters. The third kappa shape index (κ3) is 5.67. The van der Waals surface area contributed by atoms with Crippen LogP contribution in [0.3, 0.4) is 0 Å². The second kappa shape index (κ2) is 8.85. The number of benzene rings is 1. The van der Waals surface area contributed by atoms with Crippen molar-refractivity contribution in [3.63, 3.8) is 0 Å². The van der Waals surface area contributed by atoms with Gasteiger partial charge < -0.3 is 24.3 Å². The van der Waals surface area contributed by atoms with Crippen LogP contribution >= 0.6 is 0 Å². The van der Waals surface area contributed by atoms with Crippen LogP contribution in [0.25, 0.3) is 0 Å². The number of carbonyl (C=O) groups is 1. The number of aliphatic hydroxyl groups excluding tert-OH is 1. The first-order chi connectivity index (χ1) is 11.2. The van der Waals surface area contributed by atoms with E-state index in [-0.39, 0.29) is 12.5 Å². The molecular formula is C17H21NO5. The van der Waals surface area contributed by atoms with Crippen molar-refractivity contribution >= 4 is 5.91 Å². The average Bonchev–Trinajstić information content (AvgIpc) is 3.12. The lowest BCUT2D eigenvalue weighted by Crippen LogP contribution is -2.28. The molecule has 1 aromatic heterocycles. The summed E-state index contributed by atoms with van der Waals surface area (Å²) < 4.78 is 15.7. The molecule has 6 heteroatoms. The molecule has 6 nitrogen and oxygen atoms in total. The molecule has 2 N–H and O–H groups in total. The highest BCUT2D eigenvalue weighted by Crippen LogP contribution is 2.17. The van der Waals surface area contributed by atoms with Crippen LogP contribution in [0, 0.1) is 0 Å². The summed E-state index contributed by atoms with van der Waals surface area (Å²) in [6.45, 7) is 0.576. The van der Waals surface area contributed by atoms with Crippen LogP contribution in [-0.4, -0.2) is 31.3 Å². The summed E-state index contributed by atoms with van der Waals surface area (Å²) in [6, 6.07) is 10.6. The number of rotatable bonds is 9. The Morgan fingerprint density at radius 2 is 2.00 bits per heavy atom. The van der Waals surface area contributed by atoms with E-state index in [2.05, 4.69) is 5.32 Å². The van der Waals surface area contributed by atoms with Gasteiger partial charge in [-0.2, -0.15) is 0 Å². The van der Waals surface area contributed by atoms with Crippen LogP contribution in [0.4, 0.5) is 0 Å². The maximum absolute atomic E-state index is 11.7. The first-order valence-corrected chi connectivity index (χ1v) is 7.44. The summed E-state index contributed by atoms with van der Waals surface area (Å²) in [4.78, 5) is 11.7. The van der Waals surface area contributed by atoms with Gasteiger partial charge in [0.15, 0.2) is 0 Å². The fourth-order valence-corrected chi connectivity index (χ4v) is 1.98. The van der Waals surface area contributed by atoms with Crippen LogP contribution in [-0.2, 0) is 4.79 Å². The molecule has 0 saturated carbocycles. The van der Waals surface area contributed by atoms with Crippen molar-refractivity contribution in [2.75, 3.05) is 20.3 Å². The Morgan fingerprint density at radius 3 is 2.65 bits per heavy atom. The summed E-state index contributed by atoms with van der Waals surface area (Å²) in [5, 5.41) is 12.4.